The Morgan fingerprint density at radius 2 is 1.79 bits per heavy atom. The van der Waals surface area contributed by atoms with Crippen molar-refractivity contribution >= 4 is 29.1 Å². The van der Waals surface area contributed by atoms with E-state index in [9.17, 15) is 4.79 Å². The second kappa shape index (κ2) is 7.56. The molecule has 1 aliphatic heterocycles. The fourth-order valence-electron chi connectivity index (χ4n) is 3.01. The lowest BCUT2D eigenvalue weighted by atomic mass is 10.1. The van der Waals surface area contributed by atoms with E-state index in [1.807, 2.05) is 4.90 Å². The van der Waals surface area contributed by atoms with Gasteiger partial charge < -0.3 is 4.90 Å². The minimum atomic E-state index is -0.0214. The van der Waals surface area contributed by atoms with Crippen molar-refractivity contribution in [2.75, 3.05) is 26.2 Å². The SMILES string of the molecule is Cc1cccc(CN2CCN(C(=O)c3ccc(Cl)cc3Cl)CC2)c1. The minimum absolute atomic E-state index is 0.0214. The van der Waals surface area contributed by atoms with E-state index < -0.39 is 0 Å². The van der Waals surface area contributed by atoms with Crippen LogP contribution in [0.1, 0.15) is 21.5 Å². The monoisotopic (exact) mass is 362 g/mol. The lowest BCUT2D eigenvalue weighted by molar-refractivity contribution is 0.0628. The molecule has 0 aromatic heterocycles. The average Bonchev–Trinajstić information content (AvgIpc) is 2.55. The van der Waals surface area contributed by atoms with Crippen LogP contribution >= 0.6 is 23.2 Å². The van der Waals surface area contributed by atoms with Crippen LogP contribution < -0.4 is 0 Å². The minimum Gasteiger partial charge on any atom is -0.336 e. The van der Waals surface area contributed by atoms with Crippen molar-refractivity contribution in [1.82, 2.24) is 9.80 Å². The molecule has 0 radical (unpaired) electrons. The molecule has 5 heteroatoms. The number of carbonyl (C=O) groups excluding carboxylic acids is 1. The van der Waals surface area contributed by atoms with Gasteiger partial charge in [-0.05, 0) is 30.7 Å². The number of rotatable bonds is 3. The lowest BCUT2D eigenvalue weighted by Crippen LogP contribution is -2.48. The van der Waals surface area contributed by atoms with Gasteiger partial charge in [-0.2, -0.15) is 0 Å². The molecule has 3 nitrogen and oxygen atoms in total. The Balaban J connectivity index is 1.59. The number of benzene rings is 2. The molecule has 0 spiro atoms. The van der Waals surface area contributed by atoms with Crippen molar-refractivity contribution in [2.45, 2.75) is 13.5 Å². The maximum absolute atomic E-state index is 12.6. The van der Waals surface area contributed by atoms with E-state index in [0.29, 0.717) is 28.7 Å². The van der Waals surface area contributed by atoms with Gasteiger partial charge in [0.25, 0.3) is 5.91 Å². The molecular weight excluding hydrogens is 343 g/mol. The van der Waals surface area contributed by atoms with Crippen LogP contribution in [-0.4, -0.2) is 41.9 Å². The van der Waals surface area contributed by atoms with Gasteiger partial charge in [-0.15, -0.1) is 0 Å². The molecule has 0 N–H and O–H groups in total. The van der Waals surface area contributed by atoms with Crippen LogP contribution in [0, 0.1) is 6.92 Å². The van der Waals surface area contributed by atoms with Gasteiger partial charge in [0.2, 0.25) is 0 Å². The zero-order valence-electron chi connectivity index (χ0n) is 13.6. The standard InChI is InChI=1S/C19H20Cl2N2O/c1-14-3-2-4-15(11-14)13-22-7-9-23(10-8-22)19(24)17-6-5-16(20)12-18(17)21/h2-6,11-12H,7-10,13H2,1H3. The van der Waals surface area contributed by atoms with Gasteiger partial charge in [-0.1, -0.05) is 53.0 Å². The highest BCUT2D eigenvalue weighted by molar-refractivity contribution is 6.36. The molecule has 1 heterocycles. The highest BCUT2D eigenvalue weighted by Gasteiger charge is 2.23. The van der Waals surface area contributed by atoms with Gasteiger partial charge >= 0.3 is 0 Å². The van der Waals surface area contributed by atoms with Crippen molar-refractivity contribution in [3.05, 3.63) is 69.2 Å². The smallest absolute Gasteiger partial charge is 0.255 e. The molecule has 24 heavy (non-hydrogen) atoms. The molecule has 1 aliphatic rings. The van der Waals surface area contributed by atoms with Crippen LogP contribution in [-0.2, 0) is 6.54 Å². The molecule has 0 atom stereocenters. The van der Waals surface area contributed by atoms with E-state index in [-0.39, 0.29) is 5.91 Å². The third-order valence-corrected chi connectivity index (χ3v) is 4.86. The predicted molar refractivity (Wildman–Crippen MR) is 98.8 cm³/mol. The van der Waals surface area contributed by atoms with Crippen LogP contribution in [0.25, 0.3) is 0 Å². The normalized spacial score (nSPS) is 15.5. The van der Waals surface area contributed by atoms with Crippen LogP contribution in [0.5, 0.6) is 0 Å². The molecule has 0 aliphatic carbocycles. The van der Waals surface area contributed by atoms with E-state index in [1.165, 1.54) is 11.1 Å². The third-order valence-electron chi connectivity index (χ3n) is 4.31. The van der Waals surface area contributed by atoms with Crippen LogP contribution in [0.15, 0.2) is 42.5 Å². The summed E-state index contributed by atoms with van der Waals surface area (Å²) in [5.41, 5.74) is 3.11. The Bertz CT molecular complexity index is 740. The first-order valence-electron chi connectivity index (χ1n) is 8.05. The summed E-state index contributed by atoms with van der Waals surface area (Å²) in [5, 5.41) is 0.953. The summed E-state index contributed by atoms with van der Waals surface area (Å²) in [7, 11) is 0. The summed E-state index contributed by atoms with van der Waals surface area (Å²) in [6.07, 6.45) is 0. The molecule has 3 rings (SSSR count). The van der Waals surface area contributed by atoms with Gasteiger partial charge in [0.05, 0.1) is 10.6 Å². The highest BCUT2D eigenvalue weighted by atomic mass is 35.5. The van der Waals surface area contributed by atoms with Gasteiger partial charge in [0, 0.05) is 37.7 Å². The van der Waals surface area contributed by atoms with Gasteiger partial charge in [0.15, 0.2) is 0 Å². The van der Waals surface area contributed by atoms with E-state index in [0.717, 1.165) is 19.6 Å². The highest BCUT2D eigenvalue weighted by Crippen LogP contribution is 2.23. The number of halogens is 2. The Kier molecular flexibility index (Phi) is 5.44. The number of aryl methyl sites for hydroxylation is 1. The summed E-state index contributed by atoms with van der Waals surface area (Å²) in [4.78, 5) is 16.9. The average molecular weight is 363 g/mol. The fourth-order valence-corrected chi connectivity index (χ4v) is 3.50. The van der Waals surface area contributed by atoms with Gasteiger partial charge in [-0.25, -0.2) is 0 Å². The number of nitrogens with zero attached hydrogens (tertiary/aromatic N) is 2. The molecule has 126 valence electrons. The largest absolute Gasteiger partial charge is 0.336 e. The molecule has 1 saturated heterocycles. The first-order valence-corrected chi connectivity index (χ1v) is 8.81. The summed E-state index contributed by atoms with van der Waals surface area (Å²) < 4.78 is 0. The van der Waals surface area contributed by atoms with E-state index in [1.54, 1.807) is 18.2 Å². The quantitative estimate of drug-likeness (QED) is 0.814. The molecule has 0 bridgehead atoms. The number of hydrogen-bond acceptors (Lipinski definition) is 2. The predicted octanol–water partition coefficient (Wildman–Crippen LogP) is 4.26. The van der Waals surface area contributed by atoms with Crippen LogP contribution in [0.2, 0.25) is 10.0 Å². The van der Waals surface area contributed by atoms with Crippen molar-refractivity contribution in [2.24, 2.45) is 0 Å². The Hall–Kier alpha value is -1.55. The molecule has 2 aromatic carbocycles. The topological polar surface area (TPSA) is 23.6 Å². The van der Waals surface area contributed by atoms with Gasteiger partial charge in [0.1, 0.15) is 0 Å². The summed E-state index contributed by atoms with van der Waals surface area (Å²) >= 11 is 12.1. The Morgan fingerprint density at radius 1 is 1.04 bits per heavy atom. The van der Waals surface area contributed by atoms with Gasteiger partial charge in [-0.3, -0.25) is 9.69 Å². The zero-order valence-corrected chi connectivity index (χ0v) is 15.1. The van der Waals surface area contributed by atoms with E-state index in [2.05, 4.69) is 36.1 Å². The molecule has 0 unspecified atom stereocenters. The van der Waals surface area contributed by atoms with Crippen molar-refractivity contribution in [3.8, 4) is 0 Å². The lowest BCUT2D eigenvalue weighted by Gasteiger charge is -2.35. The molecule has 1 amide bonds. The van der Waals surface area contributed by atoms with E-state index >= 15 is 0 Å². The molecular formula is C19H20Cl2N2O. The third kappa shape index (κ3) is 4.10. The van der Waals surface area contributed by atoms with Crippen LogP contribution in [0.4, 0.5) is 0 Å². The Labute approximate surface area is 152 Å². The van der Waals surface area contributed by atoms with Crippen molar-refractivity contribution < 1.29 is 4.79 Å². The zero-order chi connectivity index (χ0) is 17.1. The first kappa shape index (κ1) is 17.3. The molecule has 2 aromatic rings. The Morgan fingerprint density at radius 3 is 2.46 bits per heavy atom. The summed E-state index contributed by atoms with van der Waals surface area (Å²) in [5.74, 6) is -0.0214. The maximum Gasteiger partial charge on any atom is 0.255 e. The summed E-state index contributed by atoms with van der Waals surface area (Å²) in [6.45, 7) is 6.18. The fraction of sp³-hybridized carbons (Fsp3) is 0.316. The summed E-state index contributed by atoms with van der Waals surface area (Å²) in [6, 6.07) is 13.6. The maximum atomic E-state index is 12.6. The number of carbonyl (C=O) groups is 1. The second-order valence-electron chi connectivity index (χ2n) is 6.18. The number of piperazine rings is 1. The van der Waals surface area contributed by atoms with Crippen LogP contribution in [0.3, 0.4) is 0 Å². The van der Waals surface area contributed by atoms with Crippen molar-refractivity contribution in [3.63, 3.8) is 0 Å². The second-order valence-corrected chi connectivity index (χ2v) is 7.03. The van der Waals surface area contributed by atoms with E-state index in [4.69, 9.17) is 23.2 Å². The van der Waals surface area contributed by atoms with Crippen molar-refractivity contribution in [1.29, 1.82) is 0 Å². The molecule has 0 saturated carbocycles. The number of hydrogen-bond donors (Lipinski definition) is 0. The molecule has 1 fully saturated rings. The first-order chi connectivity index (χ1) is 11.5. The number of amides is 1.